The quantitative estimate of drug-likeness (QED) is 0.566. The van der Waals surface area contributed by atoms with Crippen molar-refractivity contribution in [3.05, 3.63) is 58.3 Å². The van der Waals surface area contributed by atoms with E-state index in [0.717, 1.165) is 17.7 Å². The van der Waals surface area contributed by atoms with E-state index in [1.807, 2.05) is 31.2 Å². The molecule has 24 heavy (non-hydrogen) atoms. The summed E-state index contributed by atoms with van der Waals surface area (Å²) in [6, 6.07) is 10.7. The number of nitro groups is 1. The van der Waals surface area contributed by atoms with Crippen LogP contribution in [0.15, 0.2) is 42.6 Å². The largest absolute Gasteiger partial charge is 0.494 e. The number of anilines is 1. The lowest BCUT2D eigenvalue weighted by atomic mass is 9.96. The second-order valence-electron chi connectivity index (χ2n) is 5.93. The Balaban J connectivity index is 2.39. The van der Waals surface area contributed by atoms with Crippen molar-refractivity contribution >= 4 is 11.5 Å². The van der Waals surface area contributed by atoms with Gasteiger partial charge in [0, 0.05) is 17.8 Å². The van der Waals surface area contributed by atoms with Gasteiger partial charge in [0.2, 0.25) is 5.82 Å². The molecule has 0 aliphatic heterocycles. The third-order valence-electron chi connectivity index (χ3n) is 3.60. The van der Waals surface area contributed by atoms with Crippen molar-refractivity contribution in [3.63, 3.8) is 0 Å². The number of hydrogen-bond acceptors (Lipinski definition) is 5. The van der Waals surface area contributed by atoms with Gasteiger partial charge in [-0.15, -0.1) is 0 Å². The maximum absolute atomic E-state index is 11.2. The molecule has 1 N–H and O–H groups in total. The van der Waals surface area contributed by atoms with E-state index in [-0.39, 0.29) is 17.5 Å². The van der Waals surface area contributed by atoms with Gasteiger partial charge in [-0.05, 0) is 31.4 Å². The summed E-state index contributed by atoms with van der Waals surface area (Å²) in [6.07, 6.45) is 2.36. The van der Waals surface area contributed by atoms with Crippen molar-refractivity contribution in [3.8, 4) is 5.75 Å². The molecule has 1 heterocycles. The van der Waals surface area contributed by atoms with Gasteiger partial charge < -0.3 is 10.1 Å². The van der Waals surface area contributed by atoms with Crippen LogP contribution in [0.25, 0.3) is 0 Å². The molecule has 2 aromatic rings. The normalized spacial score (nSPS) is 12.0. The highest BCUT2D eigenvalue weighted by Crippen LogP contribution is 2.34. The average molecular weight is 329 g/mol. The molecule has 0 aliphatic rings. The van der Waals surface area contributed by atoms with Crippen LogP contribution in [0.4, 0.5) is 11.5 Å². The molecule has 0 unspecified atom stereocenters. The number of aromatic nitrogens is 1. The van der Waals surface area contributed by atoms with Crippen LogP contribution in [0.2, 0.25) is 0 Å². The zero-order valence-electron chi connectivity index (χ0n) is 14.2. The molecule has 0 amide bonds. The van der Waals surface area contributed by atoms with E-state index in [9.17, 15) is 10.1 Å². The first-order chi connectivity index (χ1) is 11.5. The number of nitrogens with one attached hydrogen (secondary N) is 1. The first-order valence-corrected chi connectivity index (χ1v) is 8.10. The predicted octanol–water partition coefficient (Wildman–Crippen LogP) is 4.59. The van der Waals surface area contributed by atoms with Crippen LogP contribution in [-0.2, 0) is 0 Å². The minimum atomic E-state index is -0.420. The maximum Gasteiger partial charge on any atom is 0.311 e. The summed E-state index contributed by atoms with van der Waals surface area (Å²) in [5.74, 6) is 1.47. The number of hydrogen-bond donors (Lipinski definition) is 1. The Morgan fingerprint density at radius 2 is 2.00 bits per heavy atom. The average Bonchev–Trinajstić information content (AvgIpc) is 2.55. The number of para-hydroxylation sites is 1. The highest BCUT2D eigenvalue weighted by atomic mass is 16.6. The van der Waals surface area contributed by atoms with Gasteiger partial charge >= 0.3 is 5.69 Å². The second-order valence-corrected chi connectivity index (χ2v) is 5.93. The van der Waals surface area contributed by atoms with Crippen molar-refractivity contribution in [1.82, 2.24) is 4.98 Å². The van der Waals surface area contributed by atoms with Crippen LogP contribution in [0.1, 0.15) is 38.8 Å². The molecule has 0 bridgehead atoms. The molecule has 0 saturated carbocycles. The Hall–Kier alpha value is -2.63. The summed E-state index contributed by atoms with van der Waals surface area (Å²) in [4.78, 5) is 15.0. The Morgan fingerprint density at radius 3 is 2.67 bits per heavy atom. The van der Waals surface area contributed by atoms with Gasteiger partial charge in [-0.25, -0.2) is 4.98 Å². The molecule has 0 aliphatic carbocycles. The number of nitrogens with zero attached hydrogens (tertiary/aromatic N) is 2. The van der Waals surface area contributed by atoms with Crippen LogP contribution in [0, 0.1) is 16.0 Å². The van der Waals surface area contributed by atoms with E-state index in [1.54, 1.807) is 12.3 Å². The summed E-state index contributed by atoms with van der Waals surface area (Å²) >= 11 is 0. The summed E-state index contributed by atoms with van der Waals surface area (Å²) in [5.41, 5.74) is 0.952. The Labute approximate surface area is 142 Å². The minimum absolute atomic E-state index is 0.0276. The summed E-state index contributed by atoms with van der Waals surface area (Å²) < 4.78 is 5.72. The number of rotatable bonds is 8. The van der Waals surface area contributed by atoms with Gasteiger partial charge in [-0.1, -0.05) is 32.0 Å². The molecule has 0 radical (unpaired) electrons. The van der Waals surface area contributed by atoms with Crippen molar-refractivity contribution in [2.75, 3.05) is 11.9 Å². The maximum atomic E-state index is 11.2. The van der Waals surface area contributed by atoms with Crippen molar-refractivity contribution < 1.29 is 9.66 Å². The van der Waals surface area contributed by atoms with Gasteiger partial charge in [-0.2, -0.15) is 0 Å². The standard InChI is InChI=1S/C18H23N3O3/c1-4-24-17-10-6-5-8-14(17)15(12-13(2)3)20-18-16(21(22)23)9-7-11-19-18/h5-11,13,15H,4,12H2,1-3H3,(H,19,20)/t15-/m1/s1. The van der Waals surface area contributed by atoms with Crippen molar-refractivity contribution in [2.45, 2.75) is 33.2 Å². The van der Waals surface area contributed by atoms with Gasteiger partial charge in [0.25, 0.3) is 0 Å². The smallest absolute Gasteiger partial charge is 0.311 e. The fourth-order valence-corrected chi connectivity index (χ4v) is 2.61. The summed E-state index contributed by atoms with van der Waals surface area (Å²) in [6.45, 7) is 6.73. The lowest BCUT2D eigenvalue weighted by Gasteiger charge is -2.23. The molecule has 1 aromatic heterocycles. The molecule has 1 aromatic carbocycles. The topological polar surface area (TPSA) is 77.3 Å². The fraction of sp³-hybridized carbons (Fsp3) is 0.389. The summed E-state index contributed by atoms with van der Waals surface area (Å²) in [5, 5.41) is 14.5. The van der Waals surface area contributed by atoms with Gasteiger partial charge in [0.15, 0.2) is 0 Å². The third-order valence-corrected chi connectivity index (χ3v) is 3.60. The Bertz CT molecular complexity index is 689. The van der Waals surface area contributed by atoms with Crippen molar-refractivity contribution in [1.29, 1.82) is 0 Å². The van der Waals surface area contributed by atoms with E-state index in [0.29, 0.717) is 12.5 Å². The van der Waals surface area contributed by atoms with Gasteiger partial charge in [-0.3, -0.25) is 10.1 Å². The zero-order valence-corrected chi connectivity index (χ0v) is 14.2. The van der Waals surface area contributed by atoms with Crippen LogP contribution in [-0.4, -0.2) is 16.5 Å². The van der Waals surface area contributed by atoms with Gasteiger partial charge in [0.1, 0.15) is 5.75 Å². The lowest BCUT2D eigenvalue weighted by molar-refractivity contribution is -0.384. The third kappa shape index (κ3) is 4.44. The predicted molar refractivity (Wildman–Crippen MR) is 94.3 cm³/mol. The van der Waals surface area contributed by atoms with Gasteiger partial charge in [0.05, 0.1) is 17.6 Å². The highest BCUT2D eigenvalue weighted by Gasteiger charge is 2.22. The molecule has 128 valence electrons. The SMILES string of the molecule is CCOc1ccccc1[C@@H](CC(C)C)Nc1ncccc1[N+](=O)[O-]. The van der Waals surface area contributed by atoms with E-state index < -0.39 is 4.92 Å². The van der Waals surface area contributed by atoms with Crippen LogP contribution in [0.3, 0.4) is 0 Å². The molecule has 1 atom stereocenters. The lowest BCUT2D eigenvalue weighted by Crippen LogP contribution is -2.16. The number of ether oxygens (including phenoxy) is 1. The highest BCUT2D eigenvalue weighted by molar-refractivity contribution is 5.57. The van der Waals surface area contributed by atoms with E-state index in [2.05, 4.69) is 24.1 Å². The molecular weight excluding hydrogens is 306 g/mol. The van der Waals surface area contributed by atoms with E-state index in [4.69, 9.17) is 4.74 Å². The van der Waals surface area contributed by atoms with Crippen LogP contribution in [0.5, 0.6) is 5.75 Å². The molecular formula is C18H23N3O3. The molecule has 2 rings (SSSR count). The zero-order chi connectivity index (χ0) is 17.5. The molecule has 6 heteroatoms. The monoisotopic (exact) mass is 329 g/mol. The van der Waals surface area contributed by atoms with E-state index in [1.165, 1.54) is 6.07 Å². The van der Waals surface area contributed by atoms with Crippen LogP contribution < -0.4 is 10.1 Å². The number of pyridine rings is 1. The fourth-order valence-electron chi connectivity index (χ4n) is 2.61. The Morgan fingerprint density at radius 1 is 1.25 bits per heavy atom. The molecule has 0 spiro atoms. The van der Waals surface area contributed by atoms with Crippen molar-refractivity contribution in [2.24, 2.45) is 5.92 Å². The molecule has 0 saturated heterocycles. The number of benzene rings is 1. The summed E-state index contributed by atoms with van der Waals surface area (Å²) in [7, 11) is 0. The second kappa shape index (κ2) is 8.29. The van der Waals surface area contributed by atoms with Crippen LogP contribution >= 0.6 is 0 Å². The van der Waals surface area contributed by atoms with E-state index >= 15 is 0 Å². The first-order valence-electron chi connectivity index (χ1n) is 8.10. The minimum Gasteiger partial charge on any atom is -0.494 e. The Kier molecular flexibility index (Phi) is 6.12. The first kappa shape index (κ1) is 17.7. The molecule has 0 fully saturated rings. The molecule has 6 nitrogen and oxygen atoms in total.